The van der Waals surface area contributed by atoms with E-state index in [0.717, 1.165) is 11.1 Å². The summed E-state index contributed by atoms with van der Waals surface area (Å²) >= 11 is 6.10. The van der Waals surface area contributed by atoms with Crippen LogP contribution < -0.4 is 21.1 Å². The number of anilines is 1. The number of Topliss-reactive ketones (excluding diaryl/α,β-unsaturated/α-hetero) is 1. The molecule has 244 valence electrons. The number of hydrogen-bond acceptors (Lipinski definition) is 6. The smallest absolute Gasteiger partial charge is 0.403 e. The molecule has 3 amide bonds. The molecule has 0 fully saturated rings. The molecule has 0 aliphatic carbocycles. The van der Waals surface area contributed by atoms with Crippen LogP contribution >= 0.6 is 11.6 Å². The van der Waals surface area contributed by atoms with Gasteiger partial charge in [-0.3, -0.25) is 19.2 Å². The first kappa shape index (κ1) is 34.5. The minimum absolute atomic E-state index is 0.0272. The number of halogens is 4. The SMILES string of the molecule is CCc1c(Cl)ccc(NC(=O)[C@H](CCN)NC(=O)[C@@H]2Cc3ccccc3CN2C(=O)CCC(=O)c2ccccc2)c1OC(F)(F)F. The predicted octanol–water partition coefficient (Wildman–Crippen LogP) is 5.19. The third-order valence-electron chi connectivity index (χ3n) is 7.65. The number of nitrogens with zero attached hydrogens (tertiary/aromatic N) is 1. The fourth-order valence-electron chi connectivity index (χ4n) is 5.34. The van der Waals surface area contributed by atoms with Crippen LogP contribution in [0.4, 0.5) is 18.9 Å². The summed E-state index contributed by atoms with van der Waals surface area (Å²) in [5, 5.41) is 5.08. The van der Waals surface area contributed by atoms with E-state index < -0.39 is 41.9 Å². The summed E-state index contributed by atoms with van der Waals surface area (Å²) in [5.74, 6) is -2.77. The Balaban J connectivity index is 1.54. The highest BCUT2D eigenvalue weighted by Gasteiger charge is 2.37. The average Bonchev–Trinajstić information content (AvgIpc) is 3.03. The molecule has 0 unspecified atom stereocenters. The lowest BCUT2D eigenvalue weighted by Gasteiger charge is -2.36. The maximum atomic E-state index is 13.7. The van der Waals surface area contributed by atoms with E-state index in [4.69, 9.17) is 17.3 Å². The molecule has 1 heterocycles. The van der Waals surface area contributed by atoms with Crippen LogP contribution in [0.2, 0.25) is 5.02 Å². The highest BCUT2D eigenvalue weighted by molar-refractivity contribution is 6.31. The molecule has 1 aliphatic rings. The molecule has 1 aliphatic heterocycles. The molecular formula is C33H34ClF3N4O5. The lowest BCUT2D eigenvalue weighted by Crippen LogP contribution is -2.56. The topological polar surface area (TPSA) is 131 Å². The van der Waals surface area contributed by atoms with Crippen molar-refractivity contribution in [3.05, 3.63) is 94.0 Å². The van der Waals surface area contributed by atoms with Crippen molar-refractivity contribution in [2.75, 3.05) is 11.9 Å². The number of ether oxygens (including phenoxy) is 1. The van der Waals surface area contributed by atoms with Crippen molar-refractivity contribution < 1.29 is 37.1 Å². The minimum Gasteiger partial charge on any atom is -0.403 e. The summed E-state index contributed by atoms with van der Waals surface area (Å²) in [6.45, 7) is 1.66. The predicted molar refractivity (Wildman–Crippen MR) is 166 cm³/mol. The van der Waals surface area contributed by atoms with E-state index in [1.807, 2.05) is 24.3 Å². The van der Waals surface area contributed by atoms with Gasteiger partial charge in [-0.05, 0) is 42.6 Å². The minimum atomic E-state index is -5.06. The monoisotopic (exact) mass is 658 g/mol. The Morgan fingerprint density at radius 3 is 2.33 bits per heavy atom. The summed E-state index contributed by atoms with van der Waals surface area (Å²) in [4.78, 5) is 54.6. The van der Waals surface area contributed by atoms with Crippen LogP contribution in [-0.2, 0) is 33.8 Å². The Labute approximate surface area is 269 Å². The van der Waals surface area contributed by atoms with Crippen LogP contribution in [0.15, 0.2) is 66.7 Å². The second-order valence-corrected chi connectivity index (χ2v) is 11.1. The third-order valence-corrected chi connectivity index (χ3v) is 8.01. The van der Waals surface area contributed by atoms with E-state index in [-0.39, 0.29) is 67.3 Å². The largest absolute Gasteiger partial charge is 0.573 e. The number of amides is 3. The molecule has 2 atom stereocenters. The quantitative estimate of drug-likeness (QED) is 0.230. The number of carbonyl (C=O) groups excluding carboxylic acids is 4. The molecular weight excluding hydrogens is 625 g/mol. The van der Waals surface area contributed by atoms with Gasteiger partial charge < -0.3 is 26.0 Å². The molecule has 0 saturated heterocycles. The van der Waals surface area contributed by atoms with E-state index >= 15 is 0 Å². The number of alkyl halides is 3. The van der Waals surface area contributed by atoms with Crippen molar-refractivity contribution in [3.63, 3.8) is 0 Å². The molecule has 0 radical (unpaired) electrons. The van der Waals surface area contributed by atoms with Crippen molar-refractivity contribution in [2.24, 2.45) is 5.73 Å². The summed E-state index contributed by atoms with van der Waals surface area (Å²) in [7, 11) is 0. The van der Waals surface area contributed by atoms with Gasteiger partial charge in [0.05, 0.1) is 5.69 Å². The Morgan fingerprint density at radius 1 is 1.00 bits per heavy atom. The second-order valence-electron chi connectivity index (χ2n) is 10.7. The van der Waals surface area contributed by atoms with Gasteiger partial charge in [0.1, 0.15) is 12.1 Å². The Kier molecular flexibility index (Phi) is 11.4. The first-order chi connectivity index (χ1) is 21.9. The van der Waals surface area contributed by atoms with E-state index in [0.29, 0.717) is 5.56 Å². The summed E-state index contributed by atoms with van der Waals surface area (Å²) in [6.07, 6.45) is -5.07. The molecule has 9 nitrogen and oxygen atoms in total. The normalized spacial score (nSPS) is 15.0. The number of ketones is 1. The zero-order valence-corrected chi connectivity index (χ0v) is 25.8. The van der Waals surface area contributed by atoms with Crippen molar-refractivity contribution in [1.29, 1.82) is 0 Å². The van der Waals surface area contributed by atoms with Gasteiger partial charge in [0, 0.05) is 42.0 Å². The Bertz CT molecular complexity index is 1590. The van der Waals surface area contributed by atoms with Gasteiger partial charge in [0.15, 0.2) is 11.5 Å². The molecule has 3 aromatic rings. The first-order valence-corrected chi connectivity index (χ1v) is 15.1. The standard InChI is InChI=1S/C33H34ClF3N4O5/c1-2-23-24(34)12-13-25(30(23)46-33(35,36)37)39-31(44)26(16-17-38)40-32(45)27-18-21-10-6-7-11-22(21)19-41(27)29(43)15-14-28(42)20-8-4-3-5-9-20/h3-13,26-27H,2,14-19,38H2,1H3,(H,39,44)(H,40,45)/t26-,27-/m0/s1. The van der Waals surface area contributed by atoms with E-state index in [1.165, 1.54) is 17.0 Å². The molecule has 3 aromatic carbocycles. The van der Waals surface area contributed by atoms with Gasteiger partial charge in [-0.2, -0.15) is 0 Å². The van der Waals surface area contributed by atoms with E-state index in [1.54, 1.807) is 37.3 Å². The number of carbonyl (C=O) groups is 4. The van der Waals surface area contributed by atoms with Crippen molar-refractivity contribution in [3.8, 4) is 5.75 Å². The summed E-state index contributed by atoms with van der Waals surface area (Å²) in [6, 6.07) is 16.1. The van der Waals surface area contributed by atoms with Gasteiger partial charge in [-0.25, -0.2) is 0 Å². The molecule has 46 heavy (non-hydrogen) atoms. The van der Waals surface area contributed by atoms with Crippen LogP contribution in [0.3, 0.4) is 0 Å². The van der Waals surface area contributed by atoms with Gasteiger partial charge in [-0.1, -0.05) is 73.1 Å². The molecule has 0 saturated carbocycles. The molecule has 13 heteroatoms. The van der Waals surface area contributed by atoms with Crippen LogP contribution in [0.5, 0.6) is 5.75 Å². The Morgan fingerprint density at radius 2 is 1.67 bits per heavy atom. The van der Waals surface area contributed by atoms with Crippen LogP contribution in [0, 0.1) is 0 Å². The number of fused-ring (bicyclic) bond motifs is 1. The molecule has 0 spiro atoms. The van der Waals surface area contributed by atoms with Crippen LogP contribution in [0.25, 0.3) is 0 Å². The molecule has 4 rings (SSSR count). The van der Waals surface area contributed by atoms with Crippen molar-refractivity contribution in [1.82, 2.24) is 10.2 Å². The number of nitrogens with two attached hydrogens (primary N) is 1. The van der Waals surface area contributed by atoms with Crippen LogP contribution in [0.1, 0.15) is 53.2 Å². The highest BCUT2D eigenvalue weighted by atomic mass is 35.5. The second kappa shape index (κ2) is 15.2. The van der Waals surface area contributed by atoms with E-state index in [2.05, 4.69) is 15.4 Å². The fourth-order valence-corrected chi connectivity index (χ4v) is 5.62. The van der Waals surface area contributed by atoms with Gasteiger partial charge in [0.25, 0.3) is 0 Å². The first-order valence-electron chi connectivity index (χ1n) is 14.7. The van der Waals surface area contributed by atoms with Gasteiger partial charge in [0.2, 0.25) is 17.7 Å². The maximum absolute atomic E-state index is 13.7. The zero-order chi connectivity index (χ0) is 33.4. The summed E-state index contributed by atoms with van der Waals surface area (Å²) < 4.78 is 44.0. The summed E-state index contributed by atoms with van der Waals surface area (Å²) in [5.41, 5.74) is 7.64. The maximum Gasteiger partial charge on any atom is 0.573 e. The zero-order valence-electron chi connectivity index (χ0n) is 25.0. The molecule has 0 aromatic heterocycles. The lowest BCUT2D eigenvalue weighted by atomic mass is 9.92. The molecule has 0 bridgehead atoms. The van der Waals surface area contributed by atoms with Crippen LogP contribution in [-0.4, -0.2) is 53.4 Å². The van der Waals surface area contributed by atoms with Crippen molar-refractivity contribution >= 4 is 40.8 Å². The lowest BCUT2D eigenvalue weighted by molar-refractivity contribution is -0.274. The van der Waals surface area contributed by atoms with Gasteiger partial charge >= 0.3 is 6.36 Å². The number of rotatable bonds is 12. The van der Waals surface area contributed by atoms with Crippen molar-refractivity contribution in [2.45, 2.75) is 64.0 Å². The molecule has 4 N–H and O–H groups in total. The number of nitrogens with one attached hydrogen (secondary N) is 2. The Hall–Kier alpha value is -4.42. The highest BCUT2D eigenvalue weighted by Crippen LogP contribution is 2.38. The fraction of sp³-hybridized carbons (Fsp3) is 0.333. The van der Waals surface area contributed by atoms with E-state index in [9.17, 15) is 32.3 Å². The number of hydrogen-bond donors (Lipinski definition) is 3. The average molecular weight is 659 g/mol. The van der Waals surface area contributed by atoms with Gasteiger partial charge in [-0.15, -0.1) is 13.2 Å². The number of benzene rings is 3. The third kappa shape index (κ3) is 8.64.